The van der Waals surface area contributed by atoms with Gasteiger partial charge in [0.15, 0.2) is 0 Å². The van der Waals surface area contributed by atoms with Gasteiger partial charge >= 0.3 is 0 Å². The Hall–Kier alpha value is -1.15. The van der Waals surface area contributed by atoms with Crippen LogP contribution in [0.15, 0.2) is 28.5 Å². The number of halogens is 1. The number of hydrogen-bond donors (Lipinski definition) is 1. The predicted octanol–water partition coefficient (Wildman–Crippen LogP) is 2.45. The average Bonchev–Trinajstić information content (AvgIpc) is 2.90. The number of nitrogens with zero attached hydrogens (tertiary/aromatic N) is 1. The highest BCUT2D eigenvalue weighted by Crippen LogP contribution is 2.33. The quantitative estimate of drug-likeness (QED) is 0.916. The largest absolute Gasteiger partial charge is 0.353 e. The normalized spacial score (nSPS) is 20.3. The molecule has 1 amide bonds. The second kappa shape index (κ2) is 5.81. The van der Waals surface area contributed by atoms with Gasteiger partial charge in [-0.2, -0.15) is 4.31 Å². The Morgan fingerprint density at radius 3 is 2.91 bits per heavy atom. The van der Waals surface area contributed by atoms with Gasteiger partial charge in [0.1, 0.15) is 10.3 Å². The summed E-state index contributed by atoms with van der Waals surface area (Å²) in [4.78, 5) is 11.9. The third-order valence-corrected chi connectivity index (χ3v) is 7.38. The number of sulfonamides is 1. The van der Waals surface area contributed by atoms with Crippen molar-refractivity contribution >= 4 is 49.0 Å². The predicted molar refractivity (Wildman–Crippen MR) is 87.8 cm³/mol. The van der Waals surface area contributed by atoms with Gasteiger partial charge in [0.2, 0.25) is 5.91 Å². The number of piperazine rings is 1. The van der Waals surface area contributed by atoms with Crippen LogP contribution in [0, 0.1) is 0 Å². The molecule has 0 bridgehead atoms. The third kappa shape index (κ3) is 2.62. The molecule has 2 aromatic rings. The summed E-state index contributed by atoms with van der Waals surface area (Å²) in [7, 11) is -3.68. The molecule has 0 spiro atoms. The molecule has 1 aromatic carbocycles. The summed E-state index contributed by atoms with van der Waals surface area (Å²) in [6, 6.07) is 6.28. The number of thiophene rings is 1. The van der Waals surface area contributed by atoms with Gasteiger partial charge in [0.25, 0.3) is 10.0 Å². The summed E-state index contributed by atoms with van der Waals surface area (Å²) >= 11 is 7.13. The molecule has 0 aliphatic carbocycles. The maximum Gasteiger partial charge on any atom is 0.253 e. The Labute approximate surface area is 137 Å². The van der Waals surface area contributed by atoms with Gasteiger partial charge in [-0.15, -0.1) is 11.3 Å². The number of rotatable bonds is 3. The minimum absolute atomic E-state index is 0.235. The molecule has 1 aliphatic heterocycles. The first kappa shape index (κ1) is 15.7. The van der Waals surface area contributed by atoms with Crippen LogP contribution in [-0.4, -0.2) is 37.8 Å². The maximum atomic E-state index is 12.9. The Morgan fingerprint density at radius 1 is 1.41 bits per heavy atom. The summed E-state index contributed by atoms with van der Waals surface area (Å²) in [5, 5.41) is 4.12. The molecular formula is C14H15ClN2O3S2. The fourth-order valence-corrected chi connectivity index (χ4v) is 6.06. The monoisotopic (exact) mass is 358 g/mol. The van der Waals surface area contributed by atoms with Crippen LogP contribution in [0.5, 0.6) is 0 Å². The molecule has 1 unspecified atom stereocenters. The lowest BCUT2D eigenvalue weighted by molar-refractivity contribution is -0.126. The van der Waals surface area contributed by atoms with E-state index in [9.17, 15) is 13.2 Å². The molecule has 1 N–H and O–H groups in total. The minimum Gasteiger partial charge on any atom is -0.353 e. The number of nitrogens with one attached hydrogen (secondary N) is 1. The Balaban J connectivity index is 2.05. The van der Waals surface area contributed by atoms with E-state index in [1.807, 2.05) is 6.92 Å². The van der Waals surface area contributed by atoms with Crippen molar-refractivity contribution in [1.82, 2.24) is 9.62 Å². The molecule has 0 radical (unpaired) electrons. The summed E-state index contributed by atoms with van der Waals surface area (Å²) in [6.45, 7) is 2.44. The second-order valence-electron chi connectivity index (χ2n) is 5.08. The van der Waals surface area contributed by atoms with Gasteiger partial charge in [-0.05, 0) is 30.0 Å². The molecule has 2 heterocycles. The van der Waals surface area contributed by atoms with Gasteiger partial charge in [-0.3, -0.25) is 4.79 Å². The van der Waals surface area contributed by atoms with Crippen molar-refractivity contribution in [2.45, 2.75) is 23.6 Å². The van der Waals surface area contributed by atoms with E-state index in [1.54, 1.807) is 24.3 Å². The van der Waals surface area contributed by atoms with Crippen molar-refractivity contribution < 1.29 is 13.2 Å². The van der Waals surface area contributed by atoms with Gasteiger partial charge in [-0.1, -0.05) is 24.6 Å². The van der Waals surface area contributed by atoms with Crippen molar-refractivity contribution in [3.8, 4) is 0 Å². The topological polar surface area (TPSA) is 66.5 Å². The molecule has 3 rings (SSSR count). The van der Waals surface area contributed by atoms with E-state index in [0.29, 0.717) is 24.5 Å². The molecule has 1 saturated heterocycles. The molecule has 118 valence electrons. The zero-order valence-corrected chi connectivity index (χ0v) is 14.3. The molecule has 1 aliphatic rings. The Morgan fingerprint density at radius 2 is 2.18 bits per heavy atom. The minimum atomic E-state index is -3.68. The fourth-order valence-electron chi connectivity index (χ4n) is 2.59. The summed E-state index contributed by atoms with van der Waals surface area (Å²) in [5.74, 6) is -0.235. The summed E-state index contributed by atoms with van der Waals surface area (Å²) < 4.78 is 28.1. The van der Waals surface area contributed by atoms with Crippen LogP contribution in [0.3, 0.4) is 0 Å². The highest BCUT2D eigenvalue weighted by molar-refractivity contribution is 7.91. The van der Waals surface area contributed by atoms with Crippen LogP contribution >= 0.6 is 22.9 Å². The molecule has 1 atom stereocenters. The highest BCUT2D eigenvalue weighted by atomic mass is 35.5. The number of hydrogen-bond acceptors (Lipinski definition) is 4. The molecule has 22 heavy (non-hydrogen) atoms. The number of fused-ring (bicyclic) bond motifs is 1. The van der Waals surface area contributed by atoms with Crippen molar-refractivity contribution in [2.24, 2.45) is 0 Å². The van der Waals surface area contributed by atoms with Crippen molar-refractivity contribution in [3.63, 3.8) is 0 Å². The van der Waals surface area contributed by atoms with E-state index in [0.717, 1.165) is 10.1 Å². The van der Waals surface area contributed by atoms with Crippen LogP contribution in [-0.2, 0) is 14.8 Å². The molecule has 8 heteroatoms. The van der Waals surface area contributed by atoms with Crippen LogP contribution < -0.4 is 5.32 Å². The van der Waals surface area contributed by atoms with Gasteiger partial charge in [0.05, 0.1) is 0 Å². The van der Waals surface area contributed by atoms with Gasteiger partial charge in [0, 0.05) is 22.8 Å². The molecule has 0 saturated carbocycles. The number of carbonyl (C=O) groups excluding carboxylic acids is 1. The maximum absolute atomic E-state index is 12.9. The zero-order valence-electron chi connectivity index (χ0n) is 11.9. The van der Waals surface area contributed by atoms with E-state index >= 15 is 0 Å². The van der Waals surface area contributed by atoms with Crippen LogP contribution in [0.1, 0.15) is 13.3 Å². The first-order chi connectivity index (χ1) is 10.4. The van der Waals surface area contributed by atoms with E-state index < -0.39 is 16.1 Å². The first-order valence-electron chi connectivity index (χ1n) is 6.92. The zero-order chi connectivity index (χ0) is 15.9. The van der Waals surface area contributed by atoms with Crippen molar-refractivity contribution in [1.29, 1.82) is 0 Å². The van der Waals surface area contributed by atoms with Crippen LogP contribution in [0.4, 0.5) is 0 Å². The smallest absolute Gasteiger partial charge is 0.253 e. The summed E-state index contributed by atoms with van der Waals surface area (Å²) in [5.41, 5.74) is 0. The van der Waals surface area contributed by atoms with Crippen LogP contribution in [0.2, 0.25) is 5.02 Å². The lowest BCUT2D eigenvalue weighted by Gasteiger charge is -2.32. The SMILES string of the molecule is CCC1C(=O)NCCN1S(=O)(=O)c1cc2ccc(Cl)cc2s1. The number of amides is 1. The van der Waals surface area contributed by atoms with Gasteiger partial charge < -0.3 is 5.32 Å². The number of carbonyl (C=O) groups is 1. The summed E-state index contributed by atoms with van der Waals surface area (Å²) in [6.07, 6.45) is 0.446. The first-order valence-corrected chi connectivity index (χ1v) is 9.55. The van der Waals surface area contributed by atoms with Crippen molar-refractivity contribution in [2.75, 3.05) is 13.1 Å². The van der Waals surface area contributed by atoms with Crippen LogP contribution in [0.25, 0.3) is 10.1 Å². The average molecular weight is 359 g/mol. The number of benzene rings is 1. The molecule has 5 nitrogen and oxygen atoms in total. The van der Waals surface area contributed by atoms with E-state index in [1.165, 1.54) is 15.6 Å². The Bertz CT molecular complexity index is 832. The fraction of sp³-hybridized carbons (Fsp3) is 0.357. The molecule has 1 fully saturated rings. The lowest BCUT2D eigenvalue weighted by Crippen LogP contribution is -2.56. The Kier molecular flexibility index (Phi) is 4.15. The second-order valence-corrected chi connectivity index (χ2v) is 8.72. The third-order valence-electron chi connectivity index (χ3n) is 3.69. The lowest BCUT2D eigenvalue weighted by atomic mass is 10.2. The standard InChI is InChI=1S/C14H15ClN2O3S2/c1-2-11-14(18)16-5-6-17(11)22(19,20)13-7-9-3-4-10(15)8-12(9)21-13/h3-4,7-8,11H,2,5-6H2,1H3,(H,16,18). The van der Waals surface area contributed by atoms with E-state index in [4.69, 9.17) is 11.6 Å². The van der Waals surface area contributed by atoms with Gasteiger partial charge in [-0.25, -0.2) is 8.42 Å². The van der Waals surface area contributed by atoms with Crippen molar-refractivity contribution in [3.05, 3.63) is 29.3 Å². The highest BCUT2D eigenvalue weighted by Gasteiger charge is 2.38. The van der Waals surface area contributed by atoms with E-state index in [2.05, 4.69) is 5.32 Å². The molecular weight excluding hydrogens is 344 g/mol. The van der Waals surface area contributed by atoms with E-state index in [-0.39, 0.29) is 10.1 Å². The molecule has 1 aromatic heterocycles.